The molecule has 1 saturated carbocycles. The highest BCUT2D eigenvalue weighted by molar-refractivity contribution is 6.30. The summed E-state index contributed by atoms with van der Waals surface area (Å²) in [6, 6.07) is 8.70. The van der Waals surface area contributed by atoms with Crippen molar-refractivity contribution in [2.24, 2.45) is 17.1 Å². The van der Waals surface area contributed by atoms with Gasteiger partial charge in [0, 0.05) is 30.1 Å². The summed E-state index contributed by atoms with van der Waals surface area (Å²) in [4.78, 5) is 25.1. The zero-order chi connectivity index (χ0) is 20.6. The monoisotopic (exact) mass is 419 g/mol. The minimum atomic E-state index is -0.925. The largest absolute Gasteiger partial charge is 0.490 e. The Morgan fingerprint density at radius 1 is 1.28 bits per heavy atom. The first-order valence-corrected chi connectivity index (χ1v) is 9.87. The summed E-state index contributed by atoms with van der Waals surface area (Å²) in [7, 11) is 0. The quantitative estimate of drug-likeness (QED) is 0.768. The molecule has 29 heavy (non-hydrogen) atoms. The predicted molar refractivity (Wildman–Crippen MR) is 104 cm³/mol. The van der Waals surface area contributed by atoms with Crippen LogP contribution < -0.4 is 10.5 Å². The lowest BCUT2D eigenvalue weighted by Crippen LogP contribution is -2.62. The second-order valence-corrected chi connectivity index (χ2v) is 8.20. The fourth-order valence-corrected chi connectivity index (χ4v) is 4.96. The van der Waals surface area contributed by atoms with Crippen LogP contribution in [-0.4, -0.2) is 46.4 Å². The minimum absolute atomic E-state index is 0.237. The van der Waals surface area contributed by atoms with E-state index in [2.05, 4.69) is 5.16 Å². The number of hydrogen-bond acceptors (Lipinski definition) is 5. The summed E-state index contributed by atoms with van der Waals surface area (Å²) < 4.78 is 11.5. The van der Waals surface area contributed by atoms with Crippen molar-refractivity contribution in [3.05, 3.63) is 47.3 Å². The number of halogens is 1. The predicted octanol–water partition coefficient (Wildman–Crippen LogP) is 3.12. The van der Waals surface area contributed by atoms with E-state index in [1.807, 2.05) is 0 Å². The van der Waals surface area contributed by atoms with Crippen LogP contribution in [0.1, 0.15) is 30.9 Å². The van der Waals surface area contributed by atoms with Gasteiger partial charge >= 0.3 is 6.09 Å². The Bertz CT molecular complexity index is 878. The van der Waals surface area contributed by atoms with Crippen molar-refractivity contribution in [1.82, 2.24) is 10.1 Å². The second-order valence-electron chi connectivity index (χ2n) is 7.77. The number of hydrogen-bond donors (Lipinski definition) is 2. The number of rotatable bonds is 5. The van der Waals surface area contributed by atoms with Crippen molar-refractivity contribution < 1.29 is 24.0 Å². The molecule has 3 N–H and O–H groups in total. The molecule has 0 bridgehead atoms. The maximum Gasteiger partial charge on any atom is 0.407 e. The lowest BCUT2D eigenvalue weighted by molar-refractivity contribution is -0.150. The van der Waals surface area contributed by atoms with Gasteiger partial charge in [-0.25, -0.2) is 4.79 Å². The van der Waals surface area contributed by atoms with Gasteiger partial charge in [0.1, 0.15) is 23.5 Å². The highest BCUT2D eigenvalue weighted by atomic mass is 35.5. The molecule has 1 aliphatic carbocycles. The van der Waals surface area contributed by atoms with Gasteiger partial charge in [0.15, 0.2) is 0 Å². The van der Waals surface area contributed by atoms with Crippen molar-refractivity contribution in [2.75, 3.05) is 13.1 Å². The number of benzene rings is 1. The number of primary amides is 1. The number of likely N-dealkylation sites (tertiary alicyclic amines) is 1. The number of carboxylic acid groups (broad SMARTS) is 1. The smallest absolute Gasteiger partial charge is 0.407 e. The number of carbonyl (C=O) groups excluding carboxylic acids is 1. The van der Waals surface area contributed by atoms with Crippen LogP contribution in [0, 0.1) is 11.3 Å². The summed E-state index contributed by atoms with van der Waals surface area (Å²) >= 11 is 5.95. The number of nitrogens with zero attached hydrogens (tertiary/aromatic N) is 2. The molecule has 1 saturated heterocycles. The molecular formula is C20H22ClN3O5. The minimum Gasteiger partial charge on any atom is -0.490 e. The van der Waals surface area contributed by atoms with Gasteiger partial charge in [-0.15, -0.1) is 0 Å². The fraction of sp³-hybridized carbons (Fsp3) is 0.450. The van der Waals surface area contributed by atoms with Gasteiger partial charge in [0.05, 0.1) is 6.20 Å². The maximum atomic E-state index is 12.4. The summed E-state index contributed by atoms with van der Waals surface area (Å²) in [5.74, 6) is -0.370. The SMILES string of the molecule is NC(=O)C(c1ccno1)C1C(Oc2ccc(Cl)cc2)CC12CCN(C(=O)O)CC2. The standard InChI is InChI=1S/C20H22ClN3O5/c21-12-1-3-13(4-2-12)28-15-11-20(6-9-24(10-7-20)19(26)27)17(15)16(18(22)25)14-5-8-23-29-14/h1-5,8,15-17H,6-7,9-11H2,(H2,22,25)(H,26,27). The molecule has 1 aliphatic heterocycles. The lowest BCUT2D eigenvalue weighted by Gasteiger charge is -2.59. The molecule has 1 aromatic carbocycles. The van der Waals surface area contributed by atoms with Gasteiger partial charge in [0.2, 0.25) is 5.91 Å². The van der Waals surface area contributed by atoms with Crippen LogP contribution in [0.2, 0.25) is 5.02 Å². The third-order valence-electron chi connectivity index (χ3n) is 6.28. The summed E-state index contributed by atoms with van der Waals surface area (Å²) in [5, 5.41) is 13.6. The molecule has 3 atom stereocenters. The van der Waals surface area contributed by atoms with E-state index in [0.717, 1.165) is 0 Å². The number of amides is 2. The van der Waals surface area contributed by atoms with E-state index >= 15 is 0 Å². The van der Waals surface area contributed by atoms with Crippen LogP contribution in [0.3, 0.4) is 0 Å². The van der Waals surface area contributed by atoms with Crippen LogP contribution in [-0.2, 0) is 4.79 Å². The molecule has 2 fully saturated rings. The Hall–Kier alpha value is -2.74. The normalized spacial score (nSPS) is 24.0. The molecule has 1 spiro atoms. The van der Waals surface area contributed by atoms with Crippen molar-refractivity contribution in [3.63, 3.8) is 0 Å². The first-order chi connectivity index (χ1) is 13.9. The molecule has 154 valence electrons. The van der Waals surface area contributed by atoms with Crippen LogP contribution >= 0.6 is 11.6 Å². The molecule has 3 unspecified atom stereocenters. The Labute approximate surface area is 172 Å². The van der Waals surface area contributed by atoms with Gasteiger partial charge in [-0.05, 0) is 48.9 Å². The highest BCUT2D eigenvalue weighted by Crippen LogP contribution is 2.59. The highest BCUT2D eigenvalue weighted by Gasteiger charge is 2.61. The molecule has 2 amide bonds. The zero-order valence-electron chi connectivity index (χ0n) is 15.7. The number of nitrogens with two attached hydrogens (primary N) is 1. The molecule has 8 nitrogen and oxygen atoms in total. The van der Waals surface area contributed by atoms with E-state index in [-0.39, 0.29) is 17.4 Å². The zero-order valence-corrected chi connectivity index (χ0v) is 16.4. The average Bonchev–Trinajstić information content (AvgIpc) is 3.21. The Morgan fingerprint density at radius 3 is 2.52 bits per heavy atom. The van der Waals surface area contributed by atoms with E-state index in [4.69, 9.17) is 26.6 Å². The summed E-state index contributed by atoms with van der Waals surface area (Å²) in [5.41, 5.74) is 5.53. The van der Waals surface area contributed by atoms with Crippen molar-refractivity contribution in [3.8, 4) is 5.75 Å². The summed E-state index contributed by atoms with van der Waals surface area (Å²) in [6.45, 7) is 0.836. The van der Waals surface area contributed by atoms with Crippen LogP contribution in [0.25, 0.3) is 0 Å². The van der Waals surface area contributed by atoms with Crippen molar-refractivity contribution in [2.45, 2.75) is 31.3 Å². The molecular weight excluding hydrogens is 398 g/mol. The Balaban J connectivity index is 1.62. The lowest BCUT2D eigenvalue weighted by atomic mass is 9.50. The average molecular weight is 420 g/mol. The molecule has 1 aromatic heterocycles. The first-order valence-electron chi connectivity index (χ1n) is 9.50. The molecule has 2 heterocycles. The number of aromatic nitrogens is 1. The molecule has 9 heteroatoms. The molecule has 2 aromatic rings. The van der Waals surface area contributed by atoms with Gasteiger partial charge in [0.25, 0.3) is 0 Å². The van der Waals surface area contributed by atoms with Crippen LogP contribution in [0.5, 0.6) is 5.75 Å². The second kappa shape index (κ2) is 7.59. The third kappa shape index (κ3) is 3.64. The van der Waals surface area contributed by atoms with Gasteiger partial charge in [-0.3, -0.25) is 4.79 Å². The molecule has 4 rings (SSSR count). The Morgan fingerprint density at radius 2 is 1.97 bits per heavy atom. The van der Waals surface area contributed by atoms with Crippen LogP contribution in [0.4, 0.5) is 4.79 Å². The number of piperidine rings is 1. The topological polar surface area (TPSA) is 119 Å². The number of ether oxygens (including phenoxy) is 1. The Kier molecular flexibility index (Phi) is 5.12. The first kappa shape index (κ1) is 19.6. The third-order valence-corrected chi connectivity index (χ3v) is 6.53. The van der Waals surface area contributed by atoms with Crippen molar-refractivity contribution in [1.29, 1.82) is 0 Å². The fourth-order valence-electron chi connectivity index (χ4n) is 4.83. The molecule has 2 aliphatic rings. The van der Waals surface area contributed by atoms with E-state index in [1.54, 1.807) is 30.3 Å². The van der Waals surface area contributed by atoms with Crippen LogP contribution in [0.15, 0.2) is 41.1 Å². The van der Waals surface area contributed by atoms with E-state index < -0.39 is 17.9 Å². The van der Waals surface area contributed by atoms with E-state index in [1.165, 1.54) is 11.1 Å². The summed E-state index contributed by atoms with van der Waals surface area (Å²) in [6.07, 6.45) is 2.30. The van der Waals surface area contributed by atoms with E-state index in [9.17, 15) is 14.7 Å². The van der Waals surface area contributed by atoms with Crippen molar-refractivity contribution >= 4 is 23.6 Å². The van der Waals surface area contributed by atoms with Gasteiger partial charge < -0.3 is 25.0 Å². The maximum absolute atomic E-state index is 12.4. The van der Waals surface area contributed by atoms with Gasteiger partial charge in [-0.1, -0.05) is 16.8 Å². The molecule has 0 radical (unpaired) electrons. The number of carbonyl (C=O) groups is 2. The van der Waals surface area contributed by atoms with E-state index in [0.29, 0.717) is 48.9 Å². The van der Waals surface area contributed by atoms with Gasteiger partial charge in [-0.2, -0.15) is 0 Å².